The molecule has 0 spiro atoms. The minimum absolute atomic E-state index is 0.0138. The van der Waals surface area contributed by atoms with E-state index in [9.17, 15) is 10.1 Å². The predicted octanol–water partition coefficient (Wildman–Crippen LogP) is 2.33. The zero-order valence-electron chi connectivity index (χ0n) is 15.2. The number of aliphatic hydroxyl groups excluding tert-OH is 1. The van der Waals surface area contributed by atoms with Crippen LogP contribution in [0.2, 0.25) is 0 Å². The standard InChI is InChI=1S/C20H21N3O4/c1-26-17-7-8-19(27-2)18(9-17)23-20(25)16(10-21)12-22-11-14-3-5-15(13-24)6-4-14/h3-9,12,22,24H,11,13H2,1-2H3,(H,23,25)/b16-12-. The van der Waals surface area contributed by atoms with Gasteiger partial charge < -0.3 is 25.2 Å². The largest absolute Gasteiger partial charge is 0.497 e. The first-order valence-electron chi connectivity index (χ1n) is 8.17. The maximum atomic E-state index is 12.4. The highest BCUT2D eigenvalue weighted by Gasteiger charge is 2.13. The fourth-order valence-corrected chi connectivity index (χ4v) is 2.28. The first-order chi connectivity index (χ1) is 13.1. The van der Waals surface area contributed by atoms with Gasteiger partial charge in [-0.05, 0) is 23.3 Å². The highest BCUT2D eigenvalue weighted by Crippen LogP contribution is 2.29. The van der Waals surface area contributed by atoms with Crippen molar-refractivity contribution in [2.75, 3.05) is 19.5 Å². The van der Waals surface area contributed by atoms with E-state index in [0.29, 0.717) is 23.7 Å². The van der Waals surface area contributed by atoms with Crippen LogP contribution >= 0.6 is 0 Å². The third-order valence-electron chi connectivity index (χ3n) is 3.78. The van der Waals surface area contributed by atoms with Crippen molar-refractivity contribution in [2.24, 2.45) is 0 Å². The number of ether oxygens (including phenoxy) is 2. The molecule has 7 heteroatoms. The normalized spacial score (nSPS) is 10.7. The third-order valence-corrected chi connectivity index (χ3v) is 3.78. The maximum absolute atomic E-state index is 12.4. The molecule has 27 heavy (non-hydrogen) atoms. The van der Waals surface area contributed by atoms with E-state index < -0.39 is 5.91 Å². The van der Waals surface area contributed by atoms with Crippen LogP contribution in [-0.4, -0.2) is 25.2 Å². The van der Waals surface area contributed by atoms with Crippen LogP contribution in [0.4, 0.5) is 5.69 Å². The lowest BCUT2D eigenvalue weighted by Gasteiger charge is -2.11. The summed E-state index contributed by atoms with van der Waals surface area (Å²) >= 11 is 0. The summed E-state index contributed by atoms with van der Waals surface area (Å²) in [4.78, 5) is 12.4. The molecule has 0 aromatic heterocycles. The summed E-state index contributed by atoms with van der Waals surface area (Å²) in [6.07, 6.45) is 1.36. The molecule has 0 radical (unpaired) electrons. The molecule has 3 N–H and O–H groups in total. The number of methoxy groups -OCH3 is 2. The maximum Gasteiger partial charge on any atom is 0.267 e. The number of benzene rings is 2. The van der Waals surface area contributed by atoms with Gasteiger partial charge >= 0.3 is 0 Å². The fraction of sp³-hybridized carbons (Fsp3) is 0.200. The Kier molecular flexibility index (Phi) is 7.23. The van der Waals surface area contributed by atoms with Gasteiger partial charge in [0.05, 0.1) is 26.5 Å². The lowest BCUT2D eigenvalue weighted by atomic mass is 10.1. The van der Waals surface area contributed by atoms with E-state index in [0.717, 1.165) is 11.1 Å². The summed E-state index contributed by atoms with van der Waals surface area (Å²) in [5.41, 5.74) is 2.10. The summed E-state index contributed by atoms with van der Waals surface area (Å²) in [6, 6.07) is 14.2. The van der Waals surface area contributed by atoms with Gasteiger partial charge in [0, 0.05) is 18.8 Å². The number of nitrogens with one attached hydrogen (secondary N) is 2. The average molecular weight is 367 g/mol. The fourth-order valence-electron chi connectivity index (χ4n) is 2.28. The average Bonchev–Trinajstić information content (AvgIpc) is 2.71. The van der Waals surface area contributed by atoms with E-state index in [2.05, 4.69) is 10.6 Å². The van der Waals surface area contributed by atoms with Crippen LogP contribution in [0.3, 0.4) is 0 Å². The molecule has 2 aromatic carbocycles. The smallest absolute Gasteiger partial charge is 0.267 e. The van der Waals surface area contributed by atoms with Crippen molar-refractivity contribution < 1.29 is 19.4 Å². The van der Waals surface area contributed by atoms with Crippen LogP contribution in [0.5, 0.6) is 11.5 Å². The SMILES string of the molecule is COc1ccc(OC)c(NC(=O)/C(C#N)=C\NCc2ccc(CO)cc2)c1. The predicted molar refractivity (Wildman–Crippen MR) is 101 cm³/mol. The quantitative estimate of drug-likeness (QED) is 0.489. The molecule has 140 valence electrons. The number of aliphatic hydroxyl groups is 1. The van der Waals surface area contributed by atoms with E-state index in [1.165, 1.54) is 20.4 Å². The van der Waals surface area contributed by atoms with E-state index >= 15 is 0 Å². The van der Waals surface area contributed by atoms with Gasteiger partial charge in [0.2, 0.25) is 0 Å². The van der Waals surface area contributed by atoms with Crippen LogP contribution in [0.1, 0.15) is 11.1 Å². The van der Waals surface area contributed by atoms with Crippen molar-refractivity contribution >= 4 is 11.6 Å². The van der Waals surface area contributed by atoms with E-state index in [1.807, 2.05) is 30.3 Å². The third kappa shape index (κ3) is 5.49. The van der Waals surface area contributed by atoms with E-state index in [4.69, 9.17) is 14.6 Å². The van der Waals surface area contributed by atoms with Crippen LogP contribution in [0, 0.1) is 11.3 Å². The molecule has 0 unspecified atom stereocenters. The van der Waals surface area contributed by atoms with Gasteiger partial charge in [-0.15, -0.1) is 0 Å². The van der Waals surface area contributed by atoms with Crippen molar-refractivity contribution in [3.63, 3.8) is 0 Å². The van der Waals surface area contributed by atoms with Crippen molar-refractivity contribution in [3.05, 3.63) is 65.4 Å². The molecule has 0 fully saturated rings. The Morgan fingerprint density at radius 2 is 1.85 bits per heavy atom. The number of nitriles is 1. The minimum atomic E-state index is -0.563. The summed E-state index contributed by atoms with van der Waals surface area (Å²) < 4.78 is 10.3. The molecule has 0 saturated carbocycles. The number of hydrogen-bond acceptors (Lipinski definition) is 6. The summed E-state index contributed by atoms with van der Waals surface area (Å²) in [5, 5.41) is 23.9. The molecule has 0 aliphatic carbocycles. The molecule has 0 atom stereocenters. The molecule has 0 saturated heterocycles. The highest BCUT2D eigenvalue weighted by molar-refractivity contribution is 6.07. The van der Waals surface area contributed by atoms with E-state index in [-0.39, 0.29) is 12.2 Å². The number of carbonyl (C=O) groups excluding carboxylic acids is 1. The molecule has 0 aliphatic heterocycles. The molecule has 1 amide bonds. The van der Waals surface area contributed by atoms with Crippen molar-refractivity contribution in [1.29, 1.82) is 5.26 Å². The number of hydrogen-bond donors (Lipinski definition) is 3. The Balaban J connectivity index is 2.04. The van der Waals surface area contributed by atoms with Crippen molar-refractivity contribution in [3.8, 4) is 17.6 Å². The Morgan fingerprint density at radius 3 is 2.44 bits per heavy atom. The van der Waals surface area contributed by atoms with Crippen LogP contribution < -0.4 is 20.1 Å². The molecule has 2 rings (SSSR count). The Bertz CT molecular complexity index is 855. The highest BCUT2D eigenvalue weighted by atomic mass is 16.5. The lowest BCUT2D eigenvalue weighted by Crippen LogP contribution is -2.17. The Labute approximate surface area is 157 Å². The second kappa shape index (κ2) is 9.85. The Hall–Kier alpha value is -3.50. The zero-order chi connectivity index (χ0) is 19.6. The second-order valence-corrected chi connectivity index (χ2v) is 5.55. The van der Waals surface area contributed by atoms with Gasteiger partial charge in [0.25, 0.3) is 5.91 Å². The lowest BCUT2D eigenvalue weighted by molar-refractivity contribution is -0.112. The first kappa shape index (κ1) is 19.8. The summed E-state index contributed by atoms with van der Waals surface area (Å²) in [6.45, 7) is 0.423. The molecule has 2 aromatic rings. The number of rotatable bonds is 8. The van der Waals surface area contributed by atoms with Crippen LogP contribution in [-0.2, 0) is 17.9 Å². The summed E-state index contributed by atoms with van der Waals surface area (Å²) in [7, 11) is 3.01. The first-order valence-corrected chi connectivity index (χ1v) is 8.17. The van der Waals surface area contributed by atoms with Gasteiger partial charge in [-0.1, -0.05) is 24.3 Å². The molecular formula is C20H21N3O4. The summed E-state index contributed by atoms with van der Waals surface area (Å²) in [5.74, 6) is 0.448. The van der Waals surface area contributed by atoms with E-state index in [1.54, 1.807) is 18.2 Å². The van der Waals surface area contributed by atoms with Gasteiger partial charge in [0.15, 0.2) is 0 Å². The van der Waals surface area contributed by atoms with Gasteiger partial charge in [-0.3, -0.25) is 4.79 Å². The van der Waals surface area contributed by atoms with Crippen LogP contribution in [0.15, 0.2) is 54.2 Å². The number of anilines is 1. The van der Waals surface area contributed by atoms with Crippen molar-refractivity contribution in [1.82, 2.24) is 5.32 Å². The molecule has 7 nitrogen and oxygen atoms in total. The second-order valence-electron chi connectivity index (χ2n) is 5.55. The topological polar surface area (TPSA) is 104 Å². The molecule has 0 aliphatic rings. The minimum Gasteiger partial charge on any atom is -0.497 e. The number of carbonyl (C=O) groups is 1. The van der Waals surface area contributed by atoms with Crippen LogP contribution in [0.25, 0.3) is 0 Å². The molecule has 0 heterocycles. The van der Waals surface area contributed by atoms with Gasteiger partial charge in [-0.2, -0.15) is 5.26 Å². The number of amides is 1. The number of nitrogens with zero attached hydrogens (tertiary/aromatic N) is 1. The zero-order valence-corrected chi connectivity index (χ0v) is 15.2. The van der Waals surface area contributed by atoms with Gasteiger partial charge in [-0.25, -0.2) is 0 Å². The molecule has 0 bridgehead atoms. The van der Waals surface area contributed by atoms with Crippen molar-refractivity contribution in [2.45, 2.75) is 13.2 Å². The monoisotopic (exact) mass is 367 g/mol. The Morgan fingerprint density at radius 1 is 1.15 bits per heavy atom. The van der Waals surface area contributed by atoms with Gasteiger partial charge in [0.1, 0.15) is 23.1 Å². The molecular weight excluding hydrogens is 346 g/mol.